The van der Waals surface area contributed by atoms with E-state index in [0.717, 1.165) is 5.56 Å². The smallest absolute Gasteiger partial charge is 0.128 e. The van der Waals surface area contributed by atoms with E-state index in [1.165, 1.54) is 18.3 Å². The average molecular weight is 315 g/mol. The zero-order valence-corrected chi connectivity index (χ0v) is 11.9. The van der Waals surface area contributed by atoms with E-state index in [-0.39, 0.29) is 11.9 Å². The molecule has 106 valence electrons. The number of nitrogens with two attached hydrogens (primary N) is 2. The van der Waals surface area contributed by atoms with E-state index in [1.54, 1.807) is 12.1 Å². The molecule has 0 aliphatic carbocycles. The molecule has 1 unspecified atom stereocenters. The first-order chi connectivity index (χ1) is 9.51. The summed E-state index contributed by atoms with van der Waals surface area (Å²) in [7, 11) is 0. The van der Waals surface area contributed by atoms with Crippen molar-refractivity contribution in [3.8, 4) is 0 Å². The predicted octanol–water partition coefficient (Wildman–Crippen LogP) is 2.86. The van der Waals surface area contributed by atoms with Gasteiger partial charge in [-0.3, -0.25) is 11.3 Å². The van der Waals surface area contributed by atoms with E-state index < -0.39 is 0 Å². The van der Waals surface area contributed by atoms with Crippen molar-refractivity contribution in [3.63, 3.8) is 0 Å². The van der Waals surface area contributed by atoms with Gasteiger partial charge in [-0.05, 0) is 30.2 Å². The van der Waals surface area contributed by atoms with E-state index in [9.17, 15) is 4.39 Å². The Morgan fingerprint density at radius 3 is 2.70 bits per heavy atom. The number of hydrogen-bond donors (Lipinski definition) is 3. The van der Waals surface area contributed by atoms with Crippen LogP contribution < -0.4 is 17.0 Å². The van der Waals surface area contributed by atoms with Crippen LogP contribution in [0.5, 0.6) is 0 Å². The Labute approximate surface area is 125 Å². The average Bonchev–Trinajstić information content (AvgIpc) is 2.41. The van der Waals surface area contributed by atoms with Crippen molar-refractivity contribution in [2.45, 2.75) is 12.5 Å². The van der Waals surface area contributed by atoms with Crippen molar-refractivity contribution in [2.24, 2.45) is 5.84 Å². The molecule has 2 aromatic rings. The largest absolute Gasteiger partial charge is 0.383 e. The molecule has 4 nitrogen and oxygen atoms in total. The molecule has 0 radical (unpaired) electrons. The minimum Gasteiger partial charge on any atom is -0.383 e. The number of aromatic nitrogens is 1. The number of rotatable bonds is 4. The molecule has 0 saturated heterocycles. The summed E-state index contributed by atoms with van der Waals surface area (Å²) in [6.45, 7) is 0. The van der Waals surface area contributed by atoms with Gasteiger partial charge in [-0.25, -0.2) is 9.37 Å². The summed E-state index contributed by atoms with van der Waals surface area (Å²) in [5, 5.41) is 0.790. The zero-order valence-electron chi connectivity index (χ0n) is 10.4. The maximum atomic E-state index is 13.0. The number of nitrogens with one attached hydrogen (secondary N) is 1. The van der Waals surface area contributed by atoms with Gasteiger partial charge >= 0.3 is 0 Å². The number of benzene rings is 1. The third kappa shape index (κ3) is 3.37. The molecule has 0 aliphatic heterocycles. The standard InChI is InChI=1S/C13H13Cl2FN4/c14-8-4-10(13(17)19-6-8)12(20-18)3-7-1-2-9(16)5-11(7)15/h1-2,4-6,12,20H,3,18H2,(H2,17,19). The van der Waals surface area contributed by atoms with E-state index >= 15 is 0 Å². The Bertz CT molecular complexity index is 621. The Kier molecular flexibility index (Phi) is 4.77. The topological polar surface area (TPSA) is 77.0 Å². The lowest BCUT2D eigenvalue weighted by molar-refractivity contribution is 0.551. The van der Waals surface area contributed by atoms with Crippen LogP contribution in [0.4, 0.5) is 10.2 Å². The summed E-state index contributed by atoms with van der Waals surface area (Å²) >= 11 is 11.9. The van der Waals surface area contributed by atoms with Crippen molar-refractivity contribution >= 4 is 29.0 Å². The van der Waals surface area contributed by atoms with E-state index in [2.05, 4.69) is 10.4 Å². The highest BCUT2D eigenvalue weighted by molar-refractivity contribution is 6.31. The van der Waals surface area contributed by atoms with Gasteiger partial charge in [0.1, 0.15) is 11.6 Å². The van der Waals surface area contributed by atoms with E-state index in [4.69, 9.17) is 34.8 Å². The number of hydrazine groups is 1. The van der Waals surface area contributed by atoms with E-state index in [0.29, 0.717) is 27.8 Å². The normalized spacial score (nSPS) is 12.4. The Balaban J connectivity index is 2.31. The molecule has 0 fully saturated rings. The van der Waals surface area contributed by atoms with Crippen molar-refractivity contribution in [2.75, 3.05) is 5.73 Å². The molecule has 1 heterocycles. The highest BCUT2D eigenvalue weighted by Gasteiger charge is 2.16. The first kappa shape index (κ1) is 15.0. The second-order valence-corrected chi connectivity index (χ2v) is 5.13. The molecule has 5 N–H and O–H groups in total. The van der Waals surface area contributed by atoms with Crippen molar-refractivity contribution < 1.29 is 4.39 Å². The molecule has 1 aromatic heterocycles. The van der Waals surface area contributed by atoms with Crippen LogP contribution in [0.1, 0.15) is 17.2 Å². The number of nitrogens with zero attached hydrogens (tertiary/aromatic N) is 1. The number of nitrogen functional groups attached to an aromatic ring is 1. The van der Waals surface area contributed by atoms with Gasteiger partial charge in [0, 0.05) is 16.8 Å². The minimum absolute atomic E-state index is 0.329. The molecule has 0 aliphatic rings. The van der Waals surface area contributed by atoms with Crippen LogP contribution in [0.15, 0.2) is 30.5 Å². The monoisotopic (exact) mass is 314 g/mol. The lowest BCUT2D eigenvalue weighted by Crippen LogP contribution is -2.30. The quantitative estimate of drug-likeness (QED) is 0.599. The maximum absolute atomic E-state index is 13.0. The molecular formula is C13H13Cl2FN4. The SMILES string of the molecule is NNC(Cc1ccc(F)cc1Cl)c1cc(Cl)cnc1N. The molecular weight excluding hydrogens is 302 g/mol. The van der Waals surface area contributed by atoms with Gasteiger partial charge in [0.2, 0.25) is 0 Å². The lowest BCUT2D eigenvalue weighted by atomic mass is 10.00. The van der Waals surface area contributed by atoms with Gasteiger partial charge in [0.25, 0.3) is 0 Å². The summed E-state index contributed by atoms with van der Waals surface area (Å²) < 4.78 is 13.0. The van der Waals surface area contributed by atoms with Crippen molar-refractivity contribution in [1.29, 1.82) is 0 Å². The minimum atomic E-state index is -0.389. The second-order valence-electron chi connectivity index (χ2n) is 4.29. The van der Waals surface area contributed by atoms with Crippen LogP contribution in [0.25, 0.3) is 0 Å². The van der Waals surface area contributed by atoms with E-state index in [1.807, 2.05) is 0 Å². The molecule has 20 heavy (non-hydrogen) atoms. The van der Waals surface area contributed by atoms with Crippen molar-refractivity contribution in [1.82, 2.24) is 10.4 Å². The summed E-state index contributed by atoms with van der Waals surface area (Å²) in [6.07, 6.45) is 1.89. The lowest BCUT2D eigenvalue weighted by Gasteiger charge is -2.18. The number of halogens is 3. The molecule has 0 saturated carbocycles. The molecule has 7 heteroatoms. The molecule has 1 aromatic carbocycles. The van der Waals surface area contributed by atoms with Gasteiger partial charge in [0.05, 0.1) is 11.1 Å². The third-order valence-electron chi connectivity index (χ3n) is 2.93. The van der Waals surface area contributed by atoms with Crippen LogP contribution in [0.3, 0.4) is 0 Å². The van der Waals surface area contributed by atoms with Gasteiger partial charge in [-0.2, -0.15) is 0 Å². The van der Waals surface area contributed by atoms with Gasteiger partial charge in [-0.15, -0.1) is 0 Å². The van der Waals surface area contributed by atoms with Crippen LogP contribution >= 0.6 is 23.2 Å². The number of pyridine rings is 1. The fourth-order valence-corrected chi connectivity index (χ4v) is 2.32. The summed E-state index contributed by atoms with van der Waals surface area (Å²) in [4.78, 5) is 3.98. The Morgan fingerprint density at radius 1 is 1.30 bits per heavy atom. The highest BCUT2D eigenvalue weighted by atomic mass is 35.5. The second kappa shape index (κ2) is 6.37. The summed E-state index contributed by atoms with van der Waals surface area (Å²) in [6, 6.07) is 5.56. The summed E-state index contributed by atoms with van der Waals surface area (Å²) in [5.41, 5.74) is 9.88. The first-order valence-electron chi connectivity index (χ1n) is 5.82. The van der Waals surface area contributed by atoms with Gasteiger partial charge in [0.15, 0.2) is 0 Å². The van der Waals surface area contributed by atoms with Crippen LogP contribution in [0, 0.1) is 5.82 Å². The van der Waals surface area contributed by atoms with Gasteiger partial charge in [-0.1, -0.05) is 29.3 Å². The van der Waals surface area contributed by atoms with Crippen LogP contribution in [0.2, 0.25) is 10.0 Å². The molecule has 2 rings (SSSR count). The zero-order chi connectivity index (χ0) is 14.7. The number of hydrogen-bond acceptors (Lipinski definition) is 4. The maximum Gasteiger partial charge on any atom is 0.128 e. The first-order valence-corrected chi connectivity index (χ1v) is 6.58. The molecule has 1 atom stereocenters. The number of anilines is 1. The van der Waals surface area contributed by atoms with Crippen LogP contribution in [-0.4, -0.2) is 4.98 Å². The predicted molar refractivity (Wildman–Crippen MR) is 78.8 cm³/mol. The van der Waals surface area contributed by atoms with Crippen molar-refractivity contribution in [3.05, 3.63) is 57.5 Å². The fourth-order valence-electron chi connectivity index (χ4n) is 1.91. The fraction of sp³-hybridized carbons (Fsp3) is 0.154. The Hall–Kier alpha value is -1.40. The van der Waals surface area contributed by atoms with Gasteiger partial charge < -0.3 is 5.73 Å². The summed E-state index contributed by atoms with van der Waals surface area (Å²) in [5.74, 6) is 5.50. The molecule has 0 bridgehead atoms. The highest BCUT2D eigenvalue weighted by Crippen LogP contribution is 2.27. The third-order valence-corrected chi connectivity index (χ3v) is 3.49. The Morgan fingerprint density at radius 2 is 2.05 bits per heavy atom. The molecule has 0 spiro atoms. The molecule has 0 amide bonds. The van der Waals surface area contributed by atoms with Crippen LogP contribution in [-0.2, 0) is 6.42 Å².